The minimum absolute atomic E-state index is 0.236. The number of allylic oxidation sites excluding steroid dienone is 1. The van der Waals surface area contributed by atoms with E-state index in [4.69, 9.17) is 9.84 Å². The van der Waals surface area contributed by atoms with Crippen molar-refractivity contribution in [3.63, 3.8) is 0 Å². The molecule has 0 radical (unpaired) electrons. The summed E-state index contributed by atoms with van der Waals surface area (Å²) >= 11 is 1.40. The Morgan fingerprint density at radius 1 is 1.56 bits per heavy atom. The summed E-state index contributed by atoms with van der Waals surface area (Å²) in [6, 6.07) is 5.24. The number of thioether (sulfide) groups is 1. The van der Waals surface area contributed by atoms with Crippen LogP contribution in [0.3, 0.4) is 0 Å². The van der Waals surface area contributed by atoms with E-state index in [1.165, 1.54) is 11.8 Å². The maximum absolute atomic E-state index is 11.1. The van der Waals surface area contributed by atoms with Gasteiger partial charge >= 0.3 is 5.97 Å². The monoisotopic (exact) mass is 238 g/mol. The molecule has 86 valence electrons. The summed E-state index contributed by atoms with van der Waals surface area (Å²) in [6.45, 7) is 2.27. The molecular formula is C12H14O3S. The summed E-state index contributed by atoms with van der Waals surface area (Å²) in [5.41, 5.74) is 0.236. The molecule has 1 rings (SSSR count). The molecule has 0 aromatic heterocycles. The molecule has 0 aliphatic rings. The molecule has 0 fully saturated rings. The normalized spacial score (nSPS) is 10.6. The second kappa shape index (κ2) is 6.23. The van der Waals surface area contributed by atoms with Crippen LogP contribution in [0.25, 0.3) is 0 Å². The molecule has 0 spiro atoms. The molecule has 1 aromatic rings. The van der Waals surface area contributed by atoms with Crippen molar-refractivity contribution in [1.82, 2.24) is 0 Å². The van der Waals surface area contributed by atoms with Crippen LogP contribution in [-0.4, -0.2) is 23.9 Å². The summed E-state index contributed by atoms with van der Waals surface area (Å²) in [7, 11) is 0. The number of hydrogen-bond donors (Lipinski definition) is 1. The molecule has 0 aliphatic heterocycles. The topological polar surface area (TPSA) is 46.5 Å². The third kappa shape index (κ3) is 3.03. The Bertz CT molecular complexity index is 399. The molecule has 0 unspecified atom stereocenters. The van der Waals surface area contributed by atoms with Crippen molar-refractivity contribution in [2.24, 2.45) is 0 Å². The third-order valence-corrected chi connectivity index (χ3v) is 2.77. The number of carboxylic acid groups (broad SMARTS) is 1. The summed E-state index contributed by atoms with van der Waals surface area (Å²) in [6.07, 6.45) is 5.54. The van der Waals surface area contributed by atoms with Gasteiger partial charge in [0.15, 0.2) is 0 Å². The fourth-order valence-corrected chi connectivity index (χ4v) is 1.85. The van der Waals surface area contributed by atoms with Crippen LogP contribution < -0.4 is 4.74 Å². The first-order valence-electron chi connectivity index (χ1n) is 4.85. The highest BCUT2D eigenvalue weighted by atomic mass is 32.2. The number of carbonyl (C=O) groups is 1. The molecule has 1 aromatic carbocycles. The summed E-state index contributed by atoms with van der Waals surface area (Å²) in [5.74, 6) is -0.544. The van der Waals surface area contributed by atoms with Crippen molar-refractivity contribution in [3.05, 3.63) is 35.9 Å². The zero-order valence-corrected chi connectivity index (χ0v) is 10.1. The average molecular weight is 238 g/mol. The van der Waals surface area contributed by atoms with Gasteiger partial charge in [-0.25, -0.2) is 4.79 Å². The van der Waals surface area contributed by atoms with Crippen molar-refractivity contribution in [1.29, 1.82) is 0 Å². The predicted molar refractivity (Wildman–Crippen MR) is 65.5 cm³/mol. The number of ether oxygens (including phenoxy) is 1. The van der Waals surface area contributed by atoms with Gasteiger partial charge in [0.1, 0.15) is 17.9 Å². The van der Waals surface area contributed by atoms with Gasteiger partial charge < -0.3 is 9.84 Å². The van der Waals surface area contributed by atoms with E-state index in [1.807, 2.05) is 25.3 Å². The molecule has 1 N–H and O–H groups in total. The molecule has 0 atom stereocenters. The first kappa shape index (κ1) is 12.6. The SMILES string of the molecule is C/C=C/COc1cccc(SC)c1C(=O)O. The van der Waals surface area contributed by atoms with Gasteiger partial charge in [-0.3, -0.25) is 0 Å². The van der Waals surface area contributed by atoms with E-state index in [9.17, 15) is 4.79 Å². The first-order valence-corrected chi connectivity index (χ1v) is 6.07. The van der Waals surface area contributed by atoms with E-state index >= 15 is 0 Å². The van der Waals surface area contributed by atoms with Crippen LogP contribution >= 0.6 is 11.8 Å². The Kier molecular flexibility index (Phi) is 4.92. The molecule has 0 saturated carbocycles. The lowest BCUT2D eigenvalue weighted by Crippen LogP contribution is -2.04. The summed E-state index contributed by atoms with van der Waals surface area (Å²) < 4.78 is 5.40. The van der Waals surface area contributed by atoms with E-state index in [-0.39, 0.29) is 5.56 Å². The number of hydrogen-bond acceptors (Lipinski definition) is 3. The lowest BCUT2D eigenvalue weighted by Gasteiger charge is -2.10. The van der Waals surface area contributed by atoms with Crippen LogP contribution in [0.1, 0.15) is 17.3 Å². The summed E-state index contributed by atoms with van der Waals surface area (Å²) in [4.78, 5) is 11.8. The van der Waals surface area contributed by atoms with Gasteiger partial charge in [0.05, 0.1) is 0 Å². The number of rotatable bonds is 5. The maximum atomic E-state index is 11.1. The maximum Gasteiger partial charge on any atom is 0.340 e. The zero-order valence-electron chi connectivity index (χ0n) is 9.27. The van der Waals surface area contributed by atoms with Crippen LogP contribution in [0.2, 0.25) is 0 Å². The van der Waals surface area contributed by atoms with E-state index in [1.54, 1.807) is 18.2 Å². The van der Waals surface area contributed by atoms with Crippen LogP contribution in [0.15, 0.2) is 35.2 Å². The highest BCUT2D eigenvalue weighted by Crippen LogP contribution is 2.28. The fourth-order valence-electron chi connectivity index (χ4n) is 1.25. The Morgan fingerprint density at radius 2 is 2.31 bits per heavy atom. The standard InChI is InChI=1S/C12H14O3S/c1-3-4-8-15-9-6-5-7-10(16-2)11(9)12(13)14/h3-7H,8H2,1-2H3,(H,13,14)/b4-3+. The Balaban J connectivity index is 3.02. The van der Waals surface area contributed by atoms with Crippen LogP contribution in [0.4, 0.5) is 0 Å². The fraction of sp³-hybridized carbons (Fsp3) is 0.250. The van der Waals surface area contributed by atoms with Crippen LogP contribution in [-0.2, 0) is 0 Å². The minimum Gasteiger partial charge on any atom is -0.489 e. The van der Waals surface area contributed by atoms with Crippen molar-refractivity contribution in [2.45, 2.75) is 11.8 Å². The van der Waals surface area contributed by atoms with Gasteiger partial charge in [-0.2, -0.15) is 0 Å². The van der Waals surface area contributed by atoms with E-state index in [2.05, 4.69) is 0 Å². The quantitative estimate of drug-likeness (QED) is 0.632. The Labute approximate surface area is 99.1 Å². The lowest BCUT2D eigenvalue weighted by molar-refractivity contribution is 0.0689. The molecular weight excluding hydrogens is 224 g/mol. The van der Waals surface area contributed by atoms with Crippen molar-refractivity contribution >= 4 is 17.7 Å². The molecule has 0 saturated heterocycles. The van der Waals surface area contributed by atoms with Crippen molar-refractivity contribution < 1.29 is 14.6 Å². The van der Waals surface area contributed by atoms with Gasteiger partial charge in [-0.05, 0) is 25.3 Å². The second-order valence-corrected chi connectivity index (χ2v) is 3.87. The van der Waals surface area contributed by atoms with Gasteiger partial charge in [0.25, 0.3) is 0 Å². The van der Waals surface area contributed by atoms with E-state index in [0.717, 1.165) is 0 Å². The van der Waals surface area contributed by atoms with Crippen LogP contribution in [0, 0.1) is 0 Å². The second-order valence-electron chi connectivity index (χ2n) is 3.02. The Hall–Kier alpha value is -1.42. The van der Waals surface area contributed by atoms with Gasteiger partial charge in [-0.1, -0.05) is 18.2 Å². The highest BCUT2D eigenvalue weighted by molar-refractivity contribution is 7.98. The molecule has 16 heavy (non-hydrogen) atoms. The molecule has 4 heteroatoms. The number of carboxylic acids is 1. The highest BCUT2D eigenvalue weighted by Gasteiger charge is 2.15. The largest absolute Gasteiger partial charge is 0.489 e. The Morgan fingerprint density at radius 3 is 2.88 bits per heavy atom. The first-order chi connectivity index (χ1) is 7.70. The van der Waals surface area contributed by atoms with Gasteiger partial charge in [0, 0.05) is 4.90 Å². The van der Waals surface area contributed by atoms with Gasteiger partial charge in [-0.15, -0.1) is 11.8 Å². The van der Waals surface area contributed by atoms with Crippen LogP contribution in [0.5, 0.6) is 5.75 Å². The van der Waals surface area contributed by atoms with Gasteiger partial charge in [0.2, 0.25) is 0 Å². The molecule has 3 nitrogen and oxygen atoms in total. The van der Waals surface area contributed by atoms with Crippen molar-refractivity contribution in [3.8, 4) is 5.75 Å². The minimum atomic E-state index is -0.958. The molecule has 0 amide bonds. The smallest absolute Gasteiger partial charge is 0.340 e. The van der Waals surface area contributed by atoms with E-state index < -0.39 is 5.97 Å². The van der Waals surface area contributed by atoms with E-state index in [0.29, 0.717) is 17.3 Å². The number of aromatic carboxylic acids is 1. The zero-order chi connectivity index (χ0) is 12.0. The lowest BCUT2D eigenvalue weighted by atomic mass is 10.2. The predicted octanol–water partition coefficient (Wildman–Crippen LogP) is 3.06. The summed E-state index contributed by atoms with van der Waals surface area (Å²) in [5, 5.41) is 9.12. The molecule has 0 heterocycles. The number of benzene rings is 1. The molecule has 0 bridgehead atoms. The van der Waals surface area contributed by atoms with Crippen molar-refractivity contribution in [2.75, 3.05) is 12.9 Å². The molecule has 0 aliphatic carbocycles. The average Bonchev–Trinajstić information content (AvgIpc) is 2.28. The third-order valence-electron chi connectivity index (χ3n) is 1.99.